The summed E-state index contributed by atoms with van der Waals surface area (Å²) in [5, 5.41) is 12.9. The summed E-state index contributed by atoms with van der Waals surface area (Å²) in [5.74, 6) is 1.75. The summed E-state index contributed by atoms with van der Waals surface area (Å²) in [6.45, 7) is -1.89. The number of aliphatic carboxylic acids is 1. The zero-order chi connectivity index (χ0) is 19.0. The predicted molar refractivity (Wildman–Crippen MR) is 117 cm³/mol. The van der Waals surface area contributed by atoms with Gasteiger partial charge in [0, 0.05) is 6.42 Å². The lowest BCUT2D eigenvalue weighted by Crippen LogP contribution is -2.26. The zero-order valence-electron chi connectivity index (χ0n) is 15.4. The van der Waals surface area contributed by atoms with Gasteiger partial charge in [-0.25, -0.2) is 0 Å². The van der Waals surface area contributed by atoms with Crippen LogP contribution in [0.25, 0.3) is 0 Å². The molecule has 0 radical (unpaired) electrons. The number of rotatable bonds is 8. The Morgan fingerprint density at radius 3 is 1.48 bits per heavy atom. The molecule has 3 aromatic carbocycles. The maximum absolute atomic E-state index is 10.8. The van der Waals surface area contributed by atoms with Gasteiger partial charge in [0.05, 0.1) is 0 Å². The van der Waals surface area contributed by atoms with Gasteiger partial charge >= 0.3 is 5.97 Å². The molecule has 0 fully saturated rings. The standard InChI is InChI=1S/C24H25O2P/c25-24(26)19-11-4-12-20-27(21-13-5-1-6-14-21,22-15-7-2-8-16-22)23-17-9-3-10-18-23/h1-3,5-10,13-18,20H,4,11-12,19H2,(H,25,26). The van der Waals surface area contributed by atoms with Crippen LogP contribution in [0.1, 0.15) is 25.7 Å². The van der Waals surface area contributed by atoms with Gasteiger partial charge in [0.1, 0.15) is 0 Å². The minimum atomic E-state index is -1.89. The second kappa shape index (κ2) is 9.39. The Hall–Kier alpha value is -2.57. The van der Waals surface area contributed by atoms with E-state index in [1.54, 1.807) is 0 Å². The Labute approximate surface area is 161 Å². The van der Waals surface area contributed by atoms with E-state index < -0.39 is 12.9 Å². The highest BCUT2D eigenvalue weighted by atomic mass is 31.2. The first-order valence-corrected chi connectivity index (χ1v) is 11.2. The molecule has 0 aliphatic heterocycles. The molecule has 0 spiro atoms. The van der Waals surface area contributed by atoms with E-state index in [-0.39, 0.29) is 6.42 Å². The van der Waals surface area contributed by atoms with Crippen LogP contribution < -0.4 is 15.9 Å². The molecule has 0 saturated heterocycles. The minimum Gasteiger partial charge on any atom is -0.481 e. The van der Waals surface area contributed by atoms with Crippen LogP contribution in [0, 0.1) is 0 Å². The van der Waals surface area contributed by atoms with Crippen molar-refractivity contribution in [1.82, 2.24) is 0 Å². The molecule has 0 bridgehead atoms. The fourth-order valence-electron chi connectivity index (χ4n) is 3.46. The molecule has 0 aliphatic rings. The molecule has 1 N–H and O–H groups in total. The van der Waals surface area contributed by atoms with Crippen LogP contribution in [-0.4, -0.2) is 16.9 Å². The molecule has 138 valence electrons. The van der Waals surface area contributed by atoms with Gasteiger partial charge in [-0.3, -0.25) is 4.79 Å². The molecule has 0 aromatic heterocycles. The van der Waals surface area contributed by atoms with Crippen molar-refractivity contribution < 1.29 is 9.90 Å². The molecule has 0 amide bonds. The third-order valence-corrected chi connectivity index (χ3v) is 8.88. The van der Waals surface area contributed by atoms with Crippen LogP contribution in [-0.2, 0) is 4.79 Å². The first kappa shape index (κ1) is 19.2. The number of carboxylic acid groups (broad SMARTS) is 1. The molecule has 3 aromatic rings. The van der Waals surface area contributed by atoms with Gasteiger partial charge in [-0.05, 0) is 42.1 Å². The quantitative estimate of drug-likeness (QED) is 0.467. The van der Waals surface area contributed by atoms with Crippen LogP contribution in [0.15, 0.2) is 91.0 Å². The van der Waals surface area contributed by atoms with Crippen LogP contribution in [0.5, 0.6) is 0 Å². The number of carboxylic acids is 1. The Morgan fingerprint density at radius 2 is 1.11 bits per heavy atom. The number of carbonyl (C=O) groups is 1. The lowest BCUT2D eigenvalue weighted by molar-refractivity contribution is -0.137. The van der Waals surface area contributed by atoms with Gasteiger partial charge in [-0.15, -0.1) is 0 Å². The summed E-state index contributed by atoms with van der Waals surface area (Å²) in [5.41, 5.74) is 0. The van der Waals surface area contributed by atoms with Crippen LogP contribution in [0.4, 0.5) is 0 Å². The second-order valence-corrected chi connectivity index (χ2v) is 9.91. The van der Waals surface area contributed by atoms with E-state index in [2.05, 4.69) is 96.8 Å². The molecule has 3 heteroatoms. The van der Waals surface area contributed by atoms with Crippen molar-refractivity contribution in [2.24, 2.45) is 0 Å². The molecular formula is C24H25O2P. The molecule has 0 unspecified atom stereocenters. The number of hydrogen-bond acceptors (Lipinski definition) is 1. The lowest BCUT2D eigenvalue weighted by Gasteiger charge is -2.29. The van der Waals surface area contributed by atoms with Crippen molar-refractivity contribution in [1.29, 1.82) is 0 Å². The lowest BCUT2D eigenvalue weighted by atomic mass is 10.2. The summed E-state index contributed by atoms with van der Waals surface area (Å²) < 4.78 is 0. The van der Waals surface area contributed by atoms with Crippen molar-refractivity contribution in [3.63, 3.8) is 0 Å². The predicted octanol–water partition coefficient (Wildman–Crippen LogP) is 4.43. The van der Waals surface area contributed by atoms with Gasteiger partial charge in [-0.2, -0.15) is 0 Å². The van der Waals surface area contributed by atoms with Gasteiger partial charge < -0.3 is 5.11 Å². The number of unbranched alkanes of at least 4 members (excludes halogenated alkanes) is 2. The smallest absolute Gasteiger partial charge is 0.303 e. The van der Waals surface area contributed by atoms with Gasteiger partial charge in [0.2, 0.25) is 0 Å². The molecule has 0 heterocycles. The monoisotopic (exact) mass is 376 g/mol. The highest BCUT2D eigenvalue weighted by Crippen LogP contribution is 2.44. The van der Waals surface area contributed by atoms with Crippen molar-refractivity contribution >= 4 is 34.6 Å². The summed E-state index contributed by atoms with van der Waals surface area (Å²) in [4.78, 5) is 10.8. The fraction of sp³-hybridized carbons (Fsp3) is 0.167. The van der Waals surface area contributed by atoms with E-state index in [0.717, 1.165) is 12.8 Å². The molecule has 3 rings (SSSR count). The Bertz CT molecular complexity index is 799. The zero-order valence-corrected chi connectivity index (χ0v) is 16.3. The number of hydrogen-bond donors (Lipinski definition) is 1. The maximum atomic E-state index is 10.8. The Morgan fingerprint density at radius 1 is 0.704 bits per heavy atom. The highest BCUT2D eigenvalue weighted by molar-refractivity contribution is 7.94. The Kier molecular flexibility index (Phi) is 6.68. The third kappa shape index (κ3) is 4.59. The highest BCUT2D eigenvalue weighted by Gasteiger charge is 2.24. The van der Waals surface area contributed by atoms with Crippen molar-refractivity contribution in [2.45, 2.75) is 25.7 Å². The van der Waals surface area contributed by atoms with Gasteiger partial charge in [-0.1, -0.05) is 96.8 Å². The van der Waals surface area contributed by atoms with E-state index in [0.29, 0.717) is 6.42 Å². The SMILES string of the molecule is O=C(O)CCCCC=P(c1ccccc1)(c1ccccc1)c1ccccc1. The summed E-state index contributed by atoms with van der Waals surface area (Å²) >= 11 is 0. The van der Waals surface area contributed by atoms with E-state index in [9.17, 15) is 4.79 Å². The topological polar surface area (TPSA) is 37.3 Å². The van der Waals surface area contributed by atoms with Crippen molar-refractivity contribution in [3.8, 4) is 0 Å². The first-order chi connectivity index (χ1) is 13.2. The largest absolute Gasteiger partial charge is 0.481 e. The minimum absolute atomic E-state index is 0.237. The van der Waals surface area contributed by atoms with Gasteiger partial charge in [0.25, 0.3) is 0 Å². The third-order valence-electron chi connectivity index (χ3n) is 4.74. The van der Waals surface area contributed by atoms with Crippen LogP contribution in [0.2, 0.25) is 0 Å². The summed E-state index contributed by atoms with van der Waals surface area (Å²) in [7, 11) is 0. The van der Waals surface area contributed by atoms with E-state index >= 15 is 0 Å². The maximum Gasteiger partial charge on any atom is 0.303 e. The van der Waals surface area contributed by atoms with Crippen LogP contribution in [0.3, 0.4) is 0 Å². The summed E-state index contributed by atoms with van der Waals surface area (Å²) in [6, 6.07) is 32.1. The Balaban J connectivity index is 2.13. The average Bonchev–Trinajstić information content (AvgIpc) is 2.73. The average molecular weight is 376 g/mol. The molecule has 0 atom stereocenters. The summed E-state index contributed by atoms with van der Waals surface area (Å²) in [6.07, 6.45) is 2.74. The molecule has 0 aliphatic carbocycles. The second-order valence-electron chi connectivity index (χ2n) is 6.55. The van der Waals surface area contributed by atoms with Gasteiger partial charge in [0.15, 0.2) is 0 Å². The molecular weight excluding hydrogens is 351 g/mol. The van der Waals surface area contributed by atoms with E-state index in [1.165, 1.54) is 15.9 Å². The normalized spacial score (nSPS) is 11.1. The van der Waals surface area contributed by atoms with Crippen molar-refractivity contribution in [3.05, 3.63) is 91.0 Å². The van der Waals surface area contributed by atoms with E-state index in [4.69, 9.17) is 5.11 Å². The van der Waals surface area contributed by atoms with E-state index in [1.807, 2.05) is 0 Å². The molecule has 2 nitrogen and oxygen atoms in total. The number of benzene rings is 3. The van der Waals surface area contributed by atoms with Crippen molar-refractivity contribution in [2.75, 3.05) is 0 Å². The fourth-order valence-corrected chi connectivity index (χ4v) is 7.48. The van der Waals surface area contributed by atoms with Crippen LogP contribution >= 0.6 is 6.89 Å². The first-order valence-electron chi connectivity index (χ1n) is 9.35. The molecule has 0 saturated carbocycles. The molecule has 27 heavy (non-hydrogen) atoms.